The van der Waals surface area contributed by atoms with Gasteiger partial charge >= 0.3 is 5.92 Å². The summed E-state index contributed by atoms with van der Waals surface area (Å²) in [5, 5.41) is 7.75. The largest absolute Gasteiger partial charge is 0.483 e. The monoisotopic (exact) mass is 616 g/mol. The van der Waals surface area contributed by atoms with Crippen LogP contribution < -0.4 is 14.8 Å². The van der Waals surface area contributed by atoms with E-state index >= 15 is 0 Å². The number of carbonyl (C=O) groups excluding carboxylic acids is 1. The SMILES string of the molecule is COc1ccc([C@H](Oc2ccc3c(cnn3-c3cccc(Br)c3)c2)[C@H](COC(C)(C)C)NC(=O)C(C)(F)F)cn1. The molecule has 0 aliphatic carbocycles. The first kappa shape index (κ1) is 29.4. The second-order valence-electron chi connectivity index (χ2n) is 10.3. The Morgan fingerprint density at radius 1 is 1.07 bits per heavy atom. The molecule has 1 N–H and O–H groups in total. The standard InChI is InChI=1S/C29H31BrF2N4O4/c1-28(2,3)39-17-23(35-27(37)29(4,31)32)26(18-9-12-25(38-5)33-15-18)40-22-10-11-24-19(13-22)16-34-36(24)21-8-6-7-20(30)14-21/h6-16,23,26H,17H2,1-5H3,(H,35,37)/t23-,26-/m0/s1. The predicted molar refractivity (Wildman–Crippen MR) is 151 cm³/mol. The van der Waals surface area contributed by atoms with E-state index in [2.05, 4.69) is 31.3 Å². The van der Waals surface area contributed by atoms with Crippen LogP contribution in [0.4, 0.5) is 8.78 Å². The Hall–Kier alpha value is -3.57. The molecule has 1 amide bonds. The highest BCUT2D eigenvalue weighted by Crippen LogP contribution is 2.31. The van der Waals surface area contributed by atoms with Gasteiger partial charge in [-0.1, -0.05) is 22.0 Å². The molecule has 11 heteroatoms. The van der Waals surface area contributed by atoms with Crippen LogP contribution in [0.2, 0.25) is 0 Å². The molecule has 4 aromatic rings. The molecule has 40 heavy (non-hydrogen) atoms. The number of nitrogens with one attached hydrogen (secondary N) is 1. The first-order chi connectivity index (χ1) is 18.8. The number of ether oxygens (including phenoxy) is 3. The number of pyridine rings is 1. The van der Waals surface area contributed by atoms with Crippen molar-refractivity contribution in [2.45, 2.75) is 51.4 Å². The Kier molecular flexibility index (Phi) is 8.74. The number of rotatable bonds is 10. The molecule has 2 aromatic heterocycles. The summed E-state index contributed by atoms with van der Waals surface area (Å²) in [4.78, 5) is 16.7. The highest BCUT2D eigenvalue weighted by molar-refractivity contribution is 9.10. The van der Waals surface area contributed by atoms with E-state index in [1.807, 2.05) is 51.1 Å². The summed E-state index contributed by atoms with van der Waals surface area (Å²) >= 11 is 3.49. The van der Waals surface area contributed by atoms with Crippen LogP contribution in [-0.2, 0) is 9.53 Å². The third kappa shape index (κ3) is 7.33. The number of benzene rings is 2. The third-order valence-corrected chi connectivity index (χ3v) is 6.42. The maximum Gasteiger partial charge on any atom is 0.321 e. The van der Waals surface area contributed by atoms with Crippen molar-refractivity contribution in [1.82, 2.24) is 20.1 Å². The Balaban J connectivity index is 1.71. The van der Waals surface area contributed by atoms with Crippen LogP contribution in [0.15, 0.2) is 71.5 Å². The Morgan fingerprint density at radius 2 is 1.85 bits per heavy atom. The van der Waals surface area contributed by atoms with Crippen LogP contribution in [0.1, 0.15) is 39.4 Å². The first-order valence-corrected chi connectivity index (χ1v) is 13.4. The molecule has 4 rings (SSSR count). The van der Waals surface area contributed by atoms with Gasteiger partial charge in [-0.25, -0.2) is 9.67 Å². The number of halogens is 3. The van der Waals surface area contributed by atoms with Gasteiger partial charge in [0.2, 0.25) is 5.88 Å². The van der Waals surface area contributed by atoms with Gasteiger partial charge < -0.3 is 19.5 Å². The average molecular weight is 617 g/mol. The first-order valence-electron chi connectivity index (χ1n) is 12.6. The maximum atomic E-state index is 13.9. The fourth-order valence-corrected chi connectivity index (χ4v) is 4.33. The lowest BCUT2D eigenvalue weighted by Crippen LogP contribution is -2.50. The van der Waals surface area contributed by atoms with Gasteiger partial charge in [-0.15, -0.1) is 0 Å². The quantitative estimate of drug-likeness (QED) is 0.226. The summed E-state index contributed by atoms with van der Waals surface area (Å²) in [5.41, 5.74) is 1.66. The number of aromatic nitrogens is 3. The van der Waals surface area contributed by atoms with Crippen LogP contribution in [-0.4, -0.2) is 52.0 Å². The van der Waals surface area contributed by atoms with Crippen molar-refractivity contribution in [1.29, 1.82) is 0 Å². The summed E-state index contributed by atoms with van der Waals surface area (Å²) < 4.78 is 48.1. The van der Waals surface area contributed by atoms with Gasteiger partial charge in [-0.2, -0.15) is 13.9 Å². The Morgan fingerprint density at radius 3 is 2.48 bits per heavy atom. The minimum Gasteiger partial charge on any atom is -0.483 e. The summed E-state index contributed by atoms with van der Waals surface area (Å²) in [6.45, 7) is 5.96. The van der Waals surface area contributed by atoms with E-state index < -0.39 is 29.6 Å². The van der Waals surface area contributed by atoms with Crippen LogP contribution in [0.5, 0.6) is 11.6 Å². The molecule has 0 spiro atoms. The smallest absolute Gasteiger partial charge is 0.321 e. The van der Waals surface area contributed by atoms with Crippen LogP contribution in [0.25, 0.3) is 16.6 Å². The molecule has 0 radical (unpaired) electrons. The molecule has 8 nitrogen and oxygen atoms in total. The molecule has 212 valence electrons. The average Bonchev–Trinajstić information content (AvgIpc) is 3.32. The van der Waals surface area contributed by atoms with E-state index in [1.165, 1.54) is 13.3 Å². The number of carbonyl (C=O) groups is 1. The van der Waals surface area contributed by atoms with Gasteiger partial charge in [-0.3, -0.25) is 4.79 Å². The predicted octanol–water partition coefficient (Wildman–Crippen LogP) is 6.27. The summed E-state index contributed by atoms with van der Waals surface area (Å²) in [7, 11) is 1.49. The fraction of sp³-hybridized carbons (Fsp3) is 0.345. The number of alkyl halides is 2. The maximum absolute atomic E-state index is 13.9. The van der Waals surface area contributed by atoms with Crippen molar-refractivity contribution in [2.75, 3.05) is 13.7 Å². The number of hydrogen-bond acceptors (Lipinski definition) is 6. The molecule has 0 saturated heterocycles. The lowest BCUT2D eigenvalue weighted by Gasteiger charge is -2.32. The van der Waals surface area contributed by atoms with Crippen LogP contribution >= 0.6 is 15.9 Å². The van der Waals surface area contributed by atoms with E-state index in [9.17, 15) is 13.6 Å². The minimum absolute atomic E-state index is 0.0922. The van der Waals surface area contributed by atoms with Crippen LogP contribution in [0, 0.1) is 0 Å². The normalized spacial score (nSPS) is 13.6. The Labute approximate surface area is 239 Å². The number of methoxy groups -OCH3 is 1. The van der Waals surface area contributed by atoms with Crippen molar-refractivity contribution in [3.05, 3.63) is 77.0 Å². The lowest BCUT2D eigenvalue weighted by molar-refractivity contribution is -0.146. The van der Waals surface area contributed by atoms with E-state index in [0.29, 0.717) is 24.1 Å². The number of fused-ring (bicyclic) bond motifs is 1. The molecule has 2 heterocycles. The van der Waals surface area contributed by atoms with E-state index in [0.717, 1.165) is 21.1 Å². The molecule has 0 fully saturated rings. The topological polar surface area (TPSA) is 87.5 Å². The van der Waals surface area contributed by atoms with Gasteiger partial charge in [0.15, 0.2) is 0 Å². The number of hydrogen-bond donors (Lipinski definition) is 1. The van der Waals surface area contributed by atoms with E-state index in [1.54, 1.807) is 35.1 Å². The summed E-state index contributed by atoms with van der Waals surface area (Å²) in [5.74, 6) is -4.21. The molecule has 0 bridgehead atoms. The molecular formula is C29H31BrF2N4O4. The molecule has 0 saturated carbocycles. The van der Waals surface area contributed by atoms with Gasteiger partial charge in [0, 0.05) is 34.6 Å². The fourth-order valence-electron chi connectivity index (χ4n) is 3.95. The zero-order chi connectivity index (χ0) is 29.1. The molecule has 0 aliphatic heterocycles. The third-order valence-electron chi connectivity index (χ3n) is 5.93. The summed E-state index contributed by atoms with van der Waals surface area (Å²) in [6.07, 6.45) is 2.31. The van der Waals surface area contributed by atoms with Crippen LogP contribution in [0.3, 0.4) is 0 Å². The Bertz CT molecular complexity index is 1470. The van der Waals surface area contributed by atoms with E-state index in [4.69, 9.17) is 14.2 Å². The number of amides is 1. The lowest BCUT2D eigenvalue weighted by atomic mass is 10.0. The van der Waals surface area contributed by atoms with Crippen molar-refractivity contribution in [3.8, 4) is 17.3 Å². The highest BCUT2D eigenvalue weighted by Gasteiger charge is 2.37. The van der Waals surface area contributed by atoms with Gasteiger partial charge in [0.1, 0.15) is 11.9 Å². The van der Waals surface area contributed by atoms with E-state index in [-0.39, 0.29) is 6.61 Å². The molecule has 0 aliphatic rings. The second-order valence-corrected chi connectivity index (χ2v) is 11.2. The zero-order valence-electron chi connectivity index (χ0n) is 22.8. The van der Waals surface area contributed by atoms with Crippen molar-refractivity contribution in [2.24, 2.45) is 0 Å². The van der Waals surface area contributed by atoms with Gasteiger partial charge in [0.25, 0.3) is 5.91 Å². The molecular weight excluding hydrogens is 586 g/mol. The zero-order valence-corrected chi connectivity index (χ0v) is 24.4. The van der Waals surface area contributed by atoms with Crippen molar-refractivity contribution in [3.63, 3.8) is 0 Å². The highest BCUT2D eigenvalue weighted by atomic mass is 79.9. The van der Waals surface area contributed by atoms with Gasteiger partial charge in [-0.05, 0) is 63.2 Å². The molecule has 2 aromatic carbocycles. The van der Waals surface area contributed by atoms with Crippen molar-refractivity contribution < 1.29 is 27.8 Å². The summed E-state index contributed by atoms with van der Waals surface area (Å²) in [6, 6.07) is 15.5. The second kappa shape index (κ2) is 11.9. The van der Waals surface area contributed by atoms with Gasteiger partial charge in [0.05, 0.1) is 42.8 Å². The molecule has 0 unspecified atom stereocenters. The minimum atomic E-state index is -3.59. The molecule has 2 atom stereocenters. The number of nitrogens with zero attached hydrogens (tertiary/aromatic N) is 3. The van der Waals surface area contributed by atoms with Crippen molar-refractivity contribution >= 4 is 32.7 Å².